The Hall–Kier alpha value is -3.13. The molecule has 6 N–H and O–H groups in total. The lowest BCUT2D eigenvalue weighted by molar-refractivity contribution is -0.0290. The second kappa shape index (κ2) is 18.4. The van der Waals surface area contributed by atoms with Crippen molar-refractivity contribution in [3.63, 3.8) is 0 Å². The first-order chi connectivity index (χ1) is 22.7. The molecule has 0 saturated heterocycles. The minimum Gasteiger partial charge on any atom is -0.507 e. The van der Waals surface area contributed by atoms with Crippen molar-refractivity contribution in [2.75, 3.05) is 46.1 Å². The van der Waals surface area contributed by atoms with Gasteiger partial charge in [0.25, 0.3) is 0 Å². The van der Waals surface area contributed by atoms with Crippen LogP contribution in [0.3, 0.4) is 0 Å². The van der Waals surface area contributed by atoms with Gasteiger partial charge in [-0.25, -0.2) is 0 Å². The van der Waals surface area contributed by atoms with E-state index in [1.807, 2.05) is 56.3 Å². The molecule has 2 aromatic carbocycles. The molecule has 1 aliphatic heterocycles. The maximum atomic E-state index is 11.2. The highest BCUT2D eigenvalue weighted by Crippen LogP contribution is 2.29. The Morgan fingerprint density at radius 2 is 1.13 bits per heavy atom. The normalized spacial score (nSPS) is 15.2. The van der Waals surface area contributed by atoms with Crippen molar-refractivity contribution < 1.29 is 40.1 Å². The van der Waals surface area contributed by atoms with Gasteiger partial charge >= 0.3 is 0 Å². The molecule has 0 atom stereocenters. The number of hydrogen-bond acceptors (Lipinski definition) is 11. The first-order valence-corrected chi connectivity index (χ1v) is 16.4. The Labute approximate surface area is 277 Å². The summed E-state index contributed by atoms with van der Waals surface area (Å²) in [5.74, 6) is 0.337. The molecule has 0 amide bonds. The van der Waals surface area contributed by atoms with Gasteiger partial charge < -0.3 is 40.1 Å². The number of aliphatic hydroxyl groups is 4. The maximum Gasteiger partial charge on any atom is 0.125 e. The Bertz CT molecular complexity index is 1410. The smallest absolute Gasteiger partial charge is 0.125 e. The van der Waals surface area contributed by atoms with Gasteiger partial charge in [0.05, 0.1) is 45.3 Å². The minimum atomic E-state index is -0.700. The summed E-state index contributed by atoms with van der Waals surface area (Å²) in [5, 5.41) is 59.8. The molecule has 1 aliphatic rings. The van der Waals surface area contributed by atoms with Crippen LogP contribution in [0.5, 0.6) is 11.5 Å². The fourth-order valence-electron chi connectivity index (χ4n) is 5.97. The predicted molar refractivity (Wildman–Crippen MR) is 178 cm³/mol. The molecule has 0 spiro atoms. The fourth-order valence-corrected chi connectivity index (χ4v) is 5.97. The number of rotatable bonds is 14. The van der Waals surface area contributed by atoms with Gasteiger partial charge in [0.2, 0.25) is 0 Å². The molecular formula is C36H51N3O8. The molecule has 0 unspecified atom stereocenters. The lowest BCUT2D eigenvalue weighted by Gasteiger charge is -2.27. The zero-order chi connectivity index (χ0) is 33.8. The number of hydrogen-bond donors (Lipinski definition) is 6. The largest absolute Gasteiger partial charge is 0.507 e. The highest BCUT2D eigenvalue weighted by Gasteiger charge is 2.19. The van der Waals surface area contributed by atoms with Crippen LogP contribution in [0.25, 0.3) is 0 Å². The topological polar surface area (TPSA) is 159 Å². The van der Waals surface area contributed by atoms with E-state index in [0.29, 0.717) is 30.8 Å². The summed E-state index contributed by atoms with van der Waals surface area (Å²) in [6.07, 6.45) is 1.23. The van der Waals surface area contributed by atoms with Crippen LogP contribution >= 0.6 is 0 Å². The maximum absolute atomic E-state index is 11.2. The summed E-state index contributed by atoms with van der Waals surface area (Å²) in [5.41, 5.74) is 6.78. The highest BCUT2D eigenvalue weighted by atomic mass is 16.5. The quantitative estimate of drug-likeness (QED) is 0.152. The van der Waals surface area contributed by atoms with Crippen LogP contribution in [-0.4, -0.2) is 104 Å². The van der Waals surface area contributed by atoms with Crippen molar-refractivity contribution >= 4 is 0 Å². The Morgan fingerprint density at radius 3 is 1.66 bits per heavy atom. The van der Waals surface area contributed by atoms with E-state index < -0.39 is 12.2 Å². The van der Waals surface area contributed by atoms with Crippen LogP contribution in [0.15, 0.2) is 42.5 Å². The SMILES string of the molecule is Cc1cc(COC(CO)CO)c(O)c(CN2CCCCN(Cc3cc(C)cc(COC(CO)CO)c3O)Cc3cccc(n3)CC2)c1. The standard InChI is InChI=1S/C36H51N3O8/c1-25-12-27(35(44)29(14-25)23-46-33(19-40)20-41)16-38-9-3-4-10-39(18-32-7-5-6-31(37-32)8-11-38)17-28-13-26(2)15-30(36(28)45)24-47-34(21-42)22-43/h5-7,12-15,33-34,40-45H,3-4,8-11,16-24H2,1-2H3. The molecule has 258 valence electrons. The van der Waals surface area contributed by atoms with Gasteiger partial charge in [0.1, 0.15) is 23.7 Å². The number of phenolic OH excluding ortho intramolecular Hbond substituents is 2. The van der Waals surface area contributed by atoms with Crippen LogP contribution in [0.2, 0.25) is 0 Å². The van der Waals surface area contributed by atoms with Crippen LogP contribution in [0.1, 0.15) is 57.6 Å². The molecule has 1 aromatic heterocycles. The van der Waals surface area contributed by atoms with Crippen molar-refractivity contribution in [2.45, 2.75) is 78.2 Å². The zero-order valence-corrected chi connectivity index (χ0v) is 27.6. The third-order valence-electron chi connectivity index (χ3n) is 8.51. The van der Waals surface area contributed by atoms with Gasteiger partial charge in [-0.3, -0.25) is 14.8 Å². The molecule has 11 heteroatoms. The Kier molecular flexibility index (Phi) is 14.4. The molecule has 0 fully saturated rings. The molecule has 2 heterocycles. The molecule has 0 saturated carbocycles. The van der Waals surface area contributed by atoms with E-state index in [9.17, 15) is 30.6 Å². The first kappa shape index (κ1) is 36.7. The minimum absolute atomic E-state index is 0.0859. The van der Waals surface area contributed by atoms with E-state index in [2.05, 4.69) is 9.80 Å². The van der Waals surface area contributed by atoms with Crippen molar-refractivity contribution in [1.29, 1.82) is 0 Å². The number of phenols is 2. The second-order valence-corrected chi connectivity index (χ2v) is 12.5. The highest BCUT2D eigenvalue weighted by molar-refractivity contribution is 5.44. The molecular weight excluding hydrogens is 602 g/mol. The van der Waals surface area contributed by atoms with E-state index in [1.165, 1.54) is 0 Å². The van der Waals surface area contributed by atoms with Gasteiger partial charge in [-0.2, -0.15) is 0 Å². The van der Waals surface area contributed by atoms with Crippen LogP contribution in [0, 0.1) is 13.8 Å². The van der Waals surface area contributed by atoms with Crippen LogP contribution < -0.4 is 0 Å². The van der Waals surface area contributed by atoms with E-state index in [1.54, 1.807) is 0 Å². The van der Waals surface area contributed by atoms with Crippen molar-refractivity contribution in [3.05, 3.63) is 87.2 Å². The molecule has 11 nitrogen and oxygen atoms in total. The van der Waals surface area contributed by atoms with Gasteiger partial charge in [0.15, 0.2) is 0 Å². The number of aryl methyl sites for hydroxylation is 2. The number of pyridine rings is 1. The number of ether oxygens (including phenoxy) is 2. The van der Waals surface area contributed by atoms with E-state index in [-0.39, 0.29) is 51.1 Å². The van der Waals surface area contributed by atoms with E-state index >= 15 is 0 Å². The monoisotopic (exact) mass is 653 g/mol. The summed E-state index contributed by atoms with van der Waals surface area (Å²) < 4.78 is 11.2. The van der Waals surface area contributed by atoms with Crippen molar-refractivity contribution in [2.24, 2.45) is 0 Å². The van der Waals surface area contributed by atoms with Crippen LogP contribution in [-0.2, 0) is 48.7 Å². The lowest BCUT2D eigenvalue weighted by Crippen LogP contribution is -2.30. The Morgan fingerprint density at radius 1 is 0.660 bits per heavy atom. The molecule has 0 radical (unpaired) electrons. The molecule has 2 bridgehead atoms. The number of aliphatic hydroxyl groups excluding tert-OH is 4. The first-order valence-electron chi connectivity index (χ1n) is 16.4. The number of fused-ring (bicyclic) bond motifs is 2. The summed E-state index contributed by atoms with van der Waals surface area (Å²) in [7, 11) is 0. The summed E-state index contributed by atoms with van der Waals surface area (Å²) in [4.78, 5) is 9.60. The number of aromatic nitrogens is 1. The summed E-state index contributed by atoms with van der Waals surface area (Å²) in [6, 6.07) is 13.8. The predicted octanol–water partition coefficient (Wildman–Crippen LogP) is 2.69. The average molecular weight is 654 g/mol. The Balaban J connectivity index is 1.48. The third kappa shape index (κ3) is 10.9. The molecule has 3 aromatic rings. The fraction of sp³-hybridized carbons (Fsp3) is 0.528. The summed E-state index contributed by atoms with van der Waals surface area (Å²) >= 11 is 0. The van der Waals surface area contributed by atoms with E-state index in [4.69, 9.17) is 14.5 Å². The van der Waals surface area contributed by atoms with Gasteiger partial charge in [-0.05, 0) is 51.9 Å². The van der Waals surface area contributed by atoms with Gasteiger partial charge in [-0.1, -0.05) is 41.5 Å². The van der Waals surface area contributed by atoms with Crippen molar-refractivity contribution in [3.8, 4) is 11.5 Å². The van der Waals surface area contributed by atoms with Gasteiger partial charge in [0, 0.05) is 60.5 Å². The second-order valence-electron chi connectivity index (χ2n) is 12.5. The average Bonchev–Trinajstić information content (AvgIpc) is 3.06. The van der Waals surface area contributed by atoms with E-state index in [0.717, 1.165) is 72.5 Å². The number of nitrogens with zero attached hydrogens (tertiary/aromatic N) is 3. The summed E-state index contributed by atoms with van der Waals surface area (Å²) in [6.45, 7) is 7.07. The van der Waals surface area contributed by atoms with Crippen molar-refractivity contribution in [1.82, 2.24) is 14.8 Å². The lowest BCUT2D eigenvalue weighted by atomic mass is 10.0. The third-order valence-corrected chi connectivity index (χ3v) is 8.51. The number of benzene rings is 2. The molecule has 0 aliphatic carbocycles. The van der Waals surface area contributed by atoms with Gasteiger partial charge in [-0.15, -0.1) is 0 Å². The number of aromatic hydroxyl groups is 2. The zero-order valence-electron chi connectivity index (χ0n) is 27.6. The molecule has 47 heavy (non-hydrogen) atoms. The molecule has 4 rings (SSSR count). The van der Waals surface area contributed by atoms with Crippen LogP contribution in [0.4, 0.5) is 0 Å².